The number of benzene rings is 1. The van der Waals surface area contributed by atoms with Crippen molar-refractivity contribution in [3.8, 4) is 6.07 Å². The van der Waals surface area contributed by atoms with Crippen molar-refractivity contribution in [1.82, 2.24) is 15.2 Å². The molecule has 210 valence electrons. The molecule has 1 saturated heterocycles. The van der Waals surface area contributed by atoms with Crippen molar-refractivity contribution in [2.24, 2.45) is 0 Å². The first-order valence-corrected chi connectivity index (χ1v) is 14.1. The minimum atomic E-state index is 0.0367. The molecule has 2 N–H and O–H groups in total. The van der Waals surface area contributed by atoms with E-state index in [0.717, 1.165) is 60.7 Å². The predicted octanol–water partition coefficient (Wildman–Crippen LogP) is 6.94. The normalized spacial score (nSPS) is 15.9. The number of allylic oxidation sites excluding steroid dienone is 1. The molecule has 1 aliphatic heterocycles. The largest absolute Gasteiger partial charge is 0.388 e. The molecule has 1 unspecified atom stereocenters. The zero-order valence-corrected chi connectivity index (χ0v) is 25.1. The molecule has 2 heterocycles. The predicted molar refractivity (Wildman–Crippen MR) is 165 cm³/mol. The highest BCUT2D eigenvalue weighted by Crippen LogP contribution is 2.31. The Morgan fingerprint density at radius 3 is 2.56 bits per heavy atom. The second-order valence-corrected chi connectivity index (χ2v) is 9.87. The van der Waals surface area contributed by atoms with Gasteiger partial charge in [-0.05, 0) is 101 Å². The highest BCUT2D eigenvalue weighted by atomic mass is 16.5. The Kier molecular flexibility index (Phi) is 13.5. The highest BCUT2D eigenvalue weighted by Gasteiger charge is 2.22. The van der Waals surface area contributed by atoms with Crippen molar-refractivity contribution in [3.63, 3.8) is 0 Å². The van der Waals surface area contributed by atoms with Crippen LogP contribution in [0.5, 0.6) is 0 Å². The van der Waals surface area contributed by atoms with E-state index in [1.54, 1.807) is 7.11 Å². The number of rotatable bonds is 10. The van der Waals surface area contributed by atoms with Crippen LogP contribution in [-0.2, 0) is 4.74 Å². The Morgan fingerprint density at radius 2 is 1.95 bits per heavy atom. The van der Waals surface area contributed by atoms with Crippen LogP contribution in [0, 0.1) is 25.2 Å². The molecule has 1 aromatic carbocycles. The number of hydrogen-bond acceptors (Lipinski definition) is 6. The van der Waals surface area contributed by atoms with Crippen LogP contribution in [0.2, 0.25) is 0 Å². The lowest BCUT2D eigenvalue weighted by Crippen LogP contribution is -2.34. The molecule has 2 aromatic rings. The van der Waals surface area contributed by atoms with E-state index in [4.69, 9.17) is 10.00 Å². The van der Waals surface area contributed by atoms with Gasteiger partial charge in [-0.15, -0.1) is 0 Å². The Morgan fingerprint density at radius 1 is 1.23 bits per heavy atom. The van der Waals surface area contributed by atoms with Gasteiger partial charge in [0.2, 0.25) is 0 Å². The van der Waals surface area contributed by atoms with Crippen LogP contribution in [0.25, 0.3) is 6.08 Å². The number of aryl methyl sites for hydroxylation is 2. The Bertz CT molecular complexity index is 1180. The summed E-state index contributed by atoms with van der Waals surface area (Å²) in [6.45, 7) is 15.5. The first-order chi connectivity index (χ1) is 18.8. The van der Waals surface area contributed by atoms with Crippen molar-refractivity contribution in [1.29, 1.82) is 5.26 Å². The first kappa shape index (κ1) is 31.8. The van der Waals surface area contributed by atoms with Crippen LogP contribution in [0.4, 0.5) is 5.69 Å². The van der Waals surface area contributed by atoms with Gasteiger partial charge in [0.25, 0.3) is 0 Å². The topological polar surface area (TPSA) is 73.2 Å². The molecule has 0 amide bonds. The van der Waals surface area contributed by atoms with Gasteiger partial charge in [-0.3, -0.25) is 9.88 Å². The van der Waals surface area contributed by atoms with Crippen molar-refractivity contribution in [2.45, 2.75) is 66.4 Å². The zero-order chi connectivity index (χ0) is 28.8. The molecule has 0 bridgehead atoms. The maximum Gasteiger partial charge on any atom is 0.0991 e. The molecule has 39 heavy (non-hydrogen) atoms. The van der Waals surface area contributed by atoms with Crippen molar-refractivity contribution < 1.29 is 4.74 Å². The van der Waals surface area contributed by atoms with Crippen LogP contribution in [0.1, 0.15) is 74.4 Å². The maximum absolute atomic E-state index is 9.15. The van der Waals surface area contributed by atoms with Gasteiger partial charge in [-0.2, -0.15) is 5.26 Å². The number of piperidine rings is 1. The molecular weight excluding hydrogens is 482 g/mol. The summed E-state index contributed by atoms with van der Waals surface area (Å²) < 4.78 is 5.33. The average Bonchev–Trinajstić information content (AvgIpc) is 2.95. The van der Waals surface area contributed by atoms with Crippen molar-refractivity contribution >= 4 is 11.8 Å². The summed E-state index contributed by atoms with van der Waals surface area (Å²) >= 11 is 0. The number of pyridine rings is 1. The molecular formula is C33H47N5O. The van der Waals surface area contributed by atoms with E-state index in [-0.39, 0.29) is 6.10 Å². The van der Waals surface area contributed by atoms with Gasteiger partial charge >= 0.3 is 0 Å². The average molecular weight is 530 g/mol. The number of nitrogens with one attached hydrogen (secondary N) is 2. The molecule has 0 aliphatic carbocycles. The van der Waals surface area contributed by atoms with E-state index >= 15 is 0 Å². The van der Waals surface area contributed by atoms with Crippen LogP contribution in [0.15, 0.2) is 60.1 Å². The molecule has 1 fully saturated rings. The summed E-state index contributed by atoms with van der Waals surface area (Å²) in [4.78, 5) is 7.07. The number of anilines is 1. The zero-order valence-electron chi connectivity index (χ0n) is 25.1. The molecule has 1 atom stereocenters. The SMILES string of the molecule is CC.CNC(/C=C\Nc1ccnc(C)c1/C=C(\C)CN1CCC(c2ccc(C#N)cc2C)CC1)=C/C(C)OC. The summed E-state index contributed by atoms with van der Waals surface area (Å²) in [6, 6.07) is 10.4. The summed E-state index contributed by atoms with van der Waals surface area (Å²) in [5.41, 5.74) is 8.84. The van der Waals surface area contributed by atoms with Crippen LogP contribution < -0.4 is 10.6 Å². The fourth-order valence-electron chi connectivity index (χ4n) is 4.90. The fourth-order valence-corrected chi connectivity index (χ4v) is 4.90. The first-order valence-electron chi connectivity index (χ1n) is 14.1. The van der Waals surface area contributed by atoms with Gasteiger partial charge in [0, 0.05) is 55.7 Å². The third-order valence-electron chi connectivity index (χ3n) is 7.06. The quantitative estimate of drug-likeness (QED) is 0.325. The minimum Gasteiger partial charge on any atom is -0.388 e. The molecule has 3 rings (SSSR count). The molecule has 6 nitrogen and oxygen atoms in total. The summed E-state index contributed by atoms with van der Waals surface area (Å²) in [6.07, 6.45) is 12.4. The number of aromatic nitrogens is 1. The van der Waals surface area contributed by atoms with Gasteiger partial charge in [-0.25, -0.2) is 0 Å². The van der Waals surface area contributed by atoms with Gasteiger partial charge in [-0.1, -0.05) is 31.6 Å². The summed E-state index contributed by atoms with van der Waals surface area (Å²) in [5.74, 6) is 0.569. The Labute approximate surface area is 236 Å². The van der Waals surface area contributed by atoms with Crippen LogP contribution in [0.3, 0.4) is 0 Å². The van der Waals surface area contributed by atoms with Gasteiger partial charge < -0.3 is 15.4 Å². The monoisotopic (exact) mass is 529 g/mol. The lowest BCUT2D eigenvalue weighted by Gasteiger charge is -2.33. The summed E-state index contributed by atoms with van der Waals surface area (Å²) in [7, 11) is 3.61. The van der Waals surface area contributed by atoms with Crippen LogP contribution >= 0.6 is 0 Å². The molecule has 0 saturated carbocycles. The Balaban J connectivity index is 0.00000260. The molecule has 1 aromatic heterocycles. The minimum absolute atomic E-state index is 0.0367. The fraction of sp³-hybridized carbons (Fsp3) is 0.455. The van der Waals surface area contributed by atoms with Crippen molar-refractivity contribution in [3.05, 3.63) is 88.0 Å². The number of ether oxygens (including phenoxy) is 1. The number of nitrogens with zero attached hydrogens (tertiary/aromatic N) is 3. The van der Waals surface area contributed by atoms with Crippen molar-refractivity contribution in [2.75, 3.05) is 39.1 Å². The summed E-state index contributed by atoms with van der Waals surface area (Å²) in [5, 5.41) is 15.8. The van der Waals surface area contributed by atoms with E-state index in [9.17, 15) is 0 Å². The van der Waals surface area contributed by atoms with E-state index in [2.05, 4.69) is 59.5 Å². The van der Waals surface area contributed by atoms with Gasteiger partial charge in [0.15, 0.2) is 0 Å². The van der Waals surface area contributed by atoms with E-state index < -0.39 is 0 Å². The second kappa shape index (κ2) is 16.5. The van der Waals surface area contributed by atoms with E-state index in [1.165, 1.54) is 16.7 Å². The third-order valence-corrected chi connectivity index (χ3v) is 7.06. The Hall–Kier alpha value is -3.40. The lowest BCUT2D eigenvalue weighted by molar-refractivity contribution is 0.155. The number of likely N-dealkylation sites (N-methyl/N-ethyl adjacent to an activating group) is 1. The van der Waals surface area contributed by atoms with Gasteiger partial charge in [0.05, 0.1) is 17.7 Å². The highest BCUT2D eigenvalue weighted by molar-refractivity contribution is 5.70. The van der Waals surface area contributed by atoms with Gasteiger partial charge in [0.1, 0.15) is 0 Å². The number of methoxy groups -OCH3 is 1. The smallest absolute Gasteiger partial charge is 0.0991 e. The van der Waals surface area contributed by atoms with E-state index in [0.29, 0.717) is 5.92 Å². The molecule has 6 heteroatoms. The number of likely N-dealkylation sites (tertiary alicyclic amines) is 1. The van der Waals surface area contributed by atoms with E-state index in [1.807, 2.05) is 70.6 Å². The maximum atomic E-state index is 9.15. The molecule has 0 radical (unpaired) electrons. The molecule has 0 spiro atoms. The third kappa shape index (κ3) is 9.69. The standard InChI is InChI=1S/C31H41N5O.C2H6/c1-22(21-36-15-11-27(12-16-36)29-8-7-26(20-32)18-23(29)2)17-30-25(4)34-14-10-31(30)35-13-9-28(33-5)19-24(3)37-6;1-2/h7-10,13-14,17-19,24,27,33H,11-12,15-16,21H2,1-6H3,(H,34,35);1-2H3/b13-9-,22-17+,28-19+;. The van der Waals surface area contributed by atoms with Crippen LogP contribution in [-0.4, -0.2) is 49.8 Å². The number of nitriles is 1. The second-order valence-electron chi connectivity index (χ2n) is 9.87. The number of hydrogen-bond donors (Lipinski definition) is 2. The molecule has 1 aliphatic rings. The lowest BCUT2D eigenvalue weighted by atomic mass is 9.86.